The summed E-state index contributed by atoms with van der Waals surface area (Å²) in [6, 6.07) is 14.1. The highest BCUT2D eigenvalue weighted by molar-refractivity contribution is 6.29. The lowest BCUT2D eigenvalue weighted by molar-refractivity contribution is -0.169. The molecule has 0 radical (unpaired) electrons. The van der Waals surface area contributed by atoms with Gasteiger partial charge in [-0.3, -0.25) is 0 Å². The minimum Gasteiger partial charge on any atom is -0.496 e. The molecule has 24 heavy (non-hydrogen) atoms. The molecule has 6 nitrogen and oxygen atoms in total. The van der Waals surface area contributed by atoms with E-state index in [1.807, 2.05) is 0 Å². The van der Waals surface area contributed by atoms with E-state index < -0.39 is 11.9 Å². The first-order valence-corrected chi connectivity index (χ1v) is 7.23. The number of ether oxygens (including phenoxy) is 4. The molecule has 6 heteroatoms. The number of para-hydroxylation sites is 2. The summed E-state index contributed by atoms with van der Waals surface area (Å²) in [4.78, 5) is 23.4. The normalized spacial score (nSPS) is 9.92. The van der Waals surface area contributed by atoms with Crippen LogP contribution in [0.2, 0.25) is 0 Å². The molecule has 0 fully saturated rings. The van der Waals surface area contributed by atoms with Gasteiger partial charge in [0, 0.05) is 11.1 Å². The number of methoxy groups -OCH3 is 2. The highest BCUT2D eigenvalue weighted by atomic mass is 16.6. The van der Waals surface area contributed by atoms with Crippen LogP contribution < -0.4 is 9.47 Å². The van der Waals surface area contributed by atoms with Gasteiger partial charge in [0.1, 0.15) is 24.7 Å². The fraction of sp³-hybridized carbons (Fsp3) is 0.222. The van der Waals surface area contributed by atoms with Crippen molar-refractivity contribution in [2.45, 2.75) is 13.2 Å². The van der Waals surface area contributed by atoms with Crippen molar-refractivity contribution in [3.8, 4) is 11.5 Å². The lowest BCUT2D eigenvalue weighted by atomic mass is 10.2. The van der Waals surface area contributed by atoms with Gasteiger partial charge in [-0.25, -0.2) is 9.59 Å². The van der Waals surface area contributed by atoms with E-state index in [0.717, 1.165) is 0 Å². The smallest absolute Gasteiger partial charge is 0.417 e. The van der Waals surface area contributed by atoms with E-state index >= 15 is 0 Å². The third-order valence-electron chi connectivity index (χ3n) is 3.27. The third kappa shape index (κ3) is 4.49. The fourth-order valence-electron chi connectivity index (χ4n) is 2.05. The van der Waals surface area contributed by atoms with Crippen LogP contribution in [0.1, 0.15) is 11.1 Å². The van der Waals surface area contributed by atoms with E-state index in [2.05, 4.69) is 0 Å². The standard InChI is InChI=1S/C18H18O6/c1-21-15-9-5-3-7-13(15)11-23-17(19)18(20)24-12-14-8-4-6-10-16(14)22-2/h3-10H,11-12H2,1-2H3. The molecule has 0 aromatic heterocycles. The van der Waals surface area contributed by atoms with E-state index in [1.165, 1.54) is 14.2 Å². The van der Waals surface area contributed by atoms with Crippen LogP contribution in [0.15, 0.2) is 48.5 Å². The van der Waals surface area contributed by atoms with Gasteiger partial charge >= 0.3 is 11.9 Å². The zero-order valence-corrected chi connectivity index (χ0v) is 13.5. The molecule has 0 unspecified atom stereocenters. The summed E-state index contributed by atoms with van der Waals surface area (Å²) in [5.41, 5.74) is 1.32. The lowest BCUT2D eigenvalue weighted by Gasteiger charge is -2.10. The highest BCUT2D eigenvalue weighted by Gasteiger charge is 2.19. The van der Waals surface area contributed by atoms with Crippen molar-refractivity contribution in [2.75, 3.05) is 14.2 Å². The van der Waals surface area contributed by atoms with E-state index in [-0.39, 0.29) is 13.2 Å². The Bertz CT molecular complexity index is 649. The third-order valence-corrected chi connectivity index (χ3v) is 3.27. The molecule has 0 atom stereocenters. The van der Waals surface area contributed by atoms with Crippen molar-refractivity contribution >= 4 is 11.9 Å². The summed E-state index contributed by atoms with van der Waals surface area (Å²) in [6.45, 7) is -0.154. The number of carbonyl (C=O) groups is 2. The molecule has 0 N–H and O–H groups in total. The second-order valence-corrected chi connectivity index (χ2v) is 4.78. The van der Waals surface area contributed by atoms with E-state index in [9.17, 15) is 9.59 Å². The summed E-state index contributed by atoms with van der Waals surface area (Å²) >= 11 is 0. The summed E-state index contributed by atoms with van der Waals surface area (Å²) in [5, 5.41) is 0. The molecular formula is C18H18O6. The minimum atomic E-state index is -1.06. The van der Waals surface area contributed by atoms with Crippen LogP contribution in [0.25, 0.3) is 0 Å². The van der Waals surface area contributed by atoms with E-state index in [4.69, 9.17) is 18.9 Å². The van der Waals surface area contributed by atoms with Crippen LogP contribution in [-0.2, 0) is 32.3 Å². The first kappa shape index (κ1) is 17.3. The van der Waals surface area contributed by atoms with Gasteiger partial charge in [0.2, 0.25) is 0 Å². The predicted molar refractivity (Wildman–Crippen MR) is 85.6 cm³/mol. The van der Waals surface area contributed by atoms with Crippen LogP contribution in [0, 0.1) is 0 Å². The van der Waals surface area contributed by atoms with Gasteiger partial charge in [0.25, 0.3) is 0 Å². The van der Waals surface area contributed by atoms with Gasteiger partial charge in [0.05, 0.1) is 14.2 Å². The van der Waals surface area contributed by atoms with Crippen LogP contribution in [-0.4, -0.2) is 26.2 Å². The van der Waals surface area contributed by atoms with E-state index in [1.54, 1.807) is 48.5 Å². The molecule has 126 valence electrons. The number of rotatable bonds is 6. The van der Waals surface area contributed by atoms with Gasteiger partial charge in [0.15, 0.2) is 0 Å². The number of benzene rings is 2. The molecule has 0 amide bonds. The summed E-state index contributed by atoms with van der Waals surface area (Å²) in [6.07, 6.45) is 0. The fourth-order valence-corrected chi connectivity index (χ4v) is 2.05. The van der Waals surface area contributed by atoms with Crippen molar-refractivity contribution in [2.24, 2.45) is 0 Å². The van der Waals surface area contributed by atoms with Crippen LogP contribution in [0.3, 0.4) is 0 Å². The molecule has 0 aliphatic carbocycles. The zero-order chi connectivity index (χ0) is 17.4. The summed E-state index contributed by atoms with van der Waals surface area (Å²) in [7, 11) is 3.03. The molecule has 0 bridgehead atoms. The second kappa shape index (κ2) is 8.57. The lowest BCUT2D eigenvalue weighted by Crippen LogP contribution is -2.20. The molecular weight excluding hydrogens is 312 g/mol. The quantitative estimate of drug-likeness (QED) is 0.599. The Balaban J connectivity index is 1.87. The first-order valence-electron chi connectivity index (χ1n) is 7.23. The molecule has 2 rings (SSSR count). The van der Waals surface area contributed by atoms with Crippen molar-refractivity contribution in [3.63, 3.8) is 0 Å². The monoisotopic (exact) mass is 330 g/mol. The Labute approximate surface area is 139 Å². The predicted octanol–water partition coefficient (Wildman–Crippen LogP) is 2.49. The second-order valence-electron chi connectivity index (χ2n) is 4.78. The Hall–Kier alpha value is -3.02. The zero-order valence-electron chi connectivity index (χ0n) is 13.5. The number of esters is 2. The van der Waals surface area contributed by atoms with Crippen molar-refractivity contribution < 1.29 is 28.5 Å². The average Bonchev–Trinajstić information content (AvgIpc) is 2.64. The maximum atomic E-state index is 11.7. The van der Waals surface area contributed by atoms with Crippen molar-refractivity contribution in [1.29, 1.82) is 0 Å². The Morgan fingerprint density at radius 2 is 1.08 bits per heavy atom. The topological polar surface area (TPSA) is 71.1 Å². The maximum Gasteiger partial charge on any atom is 0.417 e. The molecule has 0 saturated carbocycles. The average molecular weight is 330 g/mol. The maximum absolute atomic E-state index is 11.7. The Morgan fingerprint density at radius 3 is 1.46 bits per heavy atom. The van der Waals surface area contributed by atoms with Crippen LogP contribution in [0.4, 0.5) is 0 Å². The van der Waals surface area contributed by atoms with E-state index in [0.29, 0.717) is 22.6 Å². The minimum absolute atomic E-state index is 0.0768. The first-order chi connectivity index (χ1) is 11.7. The van der Waals surface area contributed by atoms with Crippen molar-refractivity contribution in [3.05, 3.63) is 59.7 Å². The largest absolute Gasteiger partial charge is 0.496 e. The van der Waals surface area contributed by atoms with Gasteiger partial charge in [-0.2, -0.15) is 0 Å². The Morgan fingerprint density at radius 1 is 0.708 bits per heavy atom. The molecule has 0 aliphatic rings. The van der Waals surface area contributed by atoms with Gasteiger partial charge in [-0.15, -0.1) is 0 Å². The van der Waals surface area contributed by atoms with Crippen LogP contribution in [0.5, 0.6) is 11.5 Å². The van der Waals surface area contributed by atoms with Gasteiger partial charge in [-0.05, 0) is 12.1 Å². The van der Waals surface area contributed by atoms with Gasteiger partial charge in [-0.1, -0.05) is 36.4 Å². The number of carbonyl (C=O) groups excluding carboxylic acids is 2. The molecule has 0 heterocycles. The highest BCUT2D eigenvalue weighted by Crippen LogP contribution is 2.19. The Kier molecular flexibility index (Phi) is 6.19. The molecule has 2 aromatic carbocycles. The molecule has 2 aromatic rings. The summed E-state index contributed by atoms with van der Waals surface area (Å²) in [5.74, 6) is -0.966. The SMILES string of the molecule is COc1ccccc1COC(=O)C(=O)OCc1ccccc1OC. The molecule has 0 spiro atoms. The molecule has 0 aliphatic heterocycles. The summed E-state index contributed by atoms with van der Waals surface area (Å²) < 4.78 is 20.2. The van der Waals surface area contributed by atoms with Gasteiger partial charge < -0.3 is 18.9 Å². The number of hydrogen-bond acceptors (Lipinski definition) is 6. The van der Waals surface area contributed by atoms with Crippen LogP contribution >= 0.6 is 0 Å². The number of hydrogen-bond donors (Lipinski definition) is 0. The van der Waals surface area contributed by atoms with Crippen molar-refractivity contribution in [1.82, 2.24) is 0 Å². The molecule has 0 saturated heterocycles.